The lowest BCUT2D eigenvalue weighted by molar-refractivity contribution is 0.0695. The smallest absolute Gasteiger partial charge is 0.336 e. The molecule has 0 aromatic heterocycles. The fraction of sp³-hybridized carbons (Fsp3) is 0.188. The van der Waals surface area contributed by atoms with Gasteiger partial charge in [0.15, 0.2) is 5.82 Å². The monoisotopic (exact) mass is 351 g/mol. The molecular weight excluding hydrogens is 337 g/mol. The second-order valence-electron chi connectivity index (χ2n) is 4.57. The second kappa shape index (κ2) is 6.72. The first-order valence-corrected chi connectivity index (χ1v) is 7.35. The van der Waals surface area contributed by atoms with E-state index in [1.54, 1.807) is 0 Å². The van der Waals surface area contributed by atoms with Crippen molar-refractivity contribution in [3.05, 3.63) is 63.4 Å². The third-order valence-electron chi connectivity index (χ3n) is 3.28. The normalized spacial score (nSPS) is 10.4. The molecule has 0 spiro atoms. The molecule has 3 nitrogen and oxygen atoms in total. The molecular formula is C16H15BrFNO2. The maximum atomic E-state index is 14.1. The van der Waals surface area contributed by atoms with Crippen molar-refractivity contribution in [3.63, 3.8) is 0 Å². The second-order valence-corrected chi connectivity index (χ2v) is 5.36. The zero-order valence-corrected chi connectivity index (χ0v) is 13.1. The molecule has 2 aromatic carbocycles. The van der Waals surface area contributed by atoms with Crippen LogP contribution in [0.3, 0.4) is 0 Å². The van der Waals surface area contributed by atoms with Crippen LogP contribution in [0.15, 0.2) is 40.9 Å². The fourth-order valence-corrected chi connectivity index (χ4v) is 2.63. The Morgan fingerprint density at radius 2 is 1.90 bits per heavy atom. The Morgan fingerprint density at radius 1 is 1.24 bits per heavy atom. The topological polar surface area (TPSA) is 49.3 Å². The summed E-state index contributed by atoms with van der Waals surface area (Å²) in [5.41, 5.74) is 2.48. The Bertz CT molecular complexity index is 673. The summed E-state index contributed by atoms with van der Waals surface area (Å²) in [5.74, 6) is -1.76. The molecule has 0 amide bonds. The summed E-state index contributed by atoms with van der Waals surface area (Å²) in [6.07, 6.45) is 0.905. The minimum absolute atomic E-state index is 0.0382. The summed E-state index contributed by atoms with van der Waals surface area (Å²) < 4.78 is 14.1. The van der Waals surface area contributed by atoms with Crippen LogP contribution >= 0.6 is 15.9 Å². The minimum atomic E-state index is -1.16. The molecule has 2 N–H and O–H groups in total. The summed E-state index contributed by atoms with van der Waals surface area (Å²) >= 11 is 2.99. The average molecular weight is 352 g/mol. The van der Waals surface area contributed by atoms with Gasteiger partial charge in [0.1, 0.15) is 0 Å². The number of anilines is 1. The highest BCUT2D eigenvalue weighted by atomic mass is 79.9. The van der Waals surface area contributed by atoms with Gasteiger partial charge in [-0.3, -0.25) is 0 Å². The molecule has 0 unspecified atom stereocenters. The van der Waals surface area contributed by atoms with E-state index in [2.05, 4.69) is 28.2 Å². The van der Waals surface area contributed by atoms with Crippen LogP contribution in [0.5, 0.6) is 0 Å². The van der Waals surface area contributed by atoms with Gasteiger partial charge < -0.3 is 10.4 Å². The lowest BCUT2D eigenvalue weighted by Crippen LogP contribution is -2.06. The van der Waals surface area contributed by atoms with Crippen molar-refractivity contribution in [3.8, 4) is 0 Å². The van der Waals surface area contributed by atoms with Gasteiger partial charge in [0.05, 0.1) is 15.7 Å². The predicted octanol–water partition coefficient (Wildman–Crippen LogP) is 4.46. The number of carbonyl (C=O) groups is 1. The SMILES string of the molecule is CCc1ccccc1CNc1ccc(C(=O)O)c(Br)c1F. The van der Waals surface area contributed by atoms with Gasteiger partial charge in [0.25, 0.3) is 0 Å². The number of aromatic carboxylic acids is 1. The van der Waals surface area contributed by atoms with Crippen LogP contribution < -0.4 is 5.32 Å². The standard InChI is InChI=1S/C16H15BrFNO2/c1-2-10-5-3-4-6-11(10)9-19-13-8-7-12(16(20)21)14(17)15(13)18/h3-8,19H,2,9H2,1H3,(H,20,21). The van der Waals surface area contributed by atoms with Crippen LogP contribution in [0, 0.1) is 5.82 Å². The van der Waals surface area contributed by atoms with E-state index >= 15 is 0 Å². The number of rotatable bonds is 5. The van der Waals surface area contributed by atoms with Gasteiger partial charge in [-0.1, -0.05) is 31.2 Å². The molecule has 2 rings (SSSR count). The number of aryl methyl sites for hydroxylation is 1. The predicted molar refractivity (Wildman–Crippen MR) is 84.2 cm³/mol. The highest BCUT2D eigenvalue weighted by Gasteiger charge is 2.15. The Hall–Kier alpha value is -1.88. The van der Waals surface area contributed by atoms with Gasteiger partial charge in [-0.15, -0.1) is 0 Å². The number of halogens is 2. The van der Waals surface area contributed by atoms with Crippen LogP contribution in [0.4, 0.5) is 10.1 Å². The number of hydrogen-bond donors (Lipinski definition) is 2. The Balaban J connectivity index is 2.21. The van der Waals surface area contributed by atoms with E-state index in [1.807, 2.05) is 24.3 Å². The van der Waals surface area contributed by atoms with Crippen molar-refractivity contribution >= 4 is 27.6 Å². The van der Waals surface area contributed by atoms with Gasteiger partial charge in [-0.25, -0.2) is 9.18 Å². The van der Waals surface area contributed by atoms with E-state index in [1.165, 1.54) is 17.7 Å². The van der Waals surface area contributed by atoms with Crippen molar-refractivity contribution in [1.82, 2.24) is 0 Å². The van der Waals surface area contributed by atoms with Crippen LogP contribution in [0.2, 0.25) is 0 Å². The third-order valence-corrected chi connectivity index (χ3v) is 4.06. The molecule has 0 saturated carbocycles. The van der Waals surface area contributed by atoms with Gasteiger partial charge >= 0.3 is 5.97 Å². The number of hydrogen-bond acceptors (Lipinski definition) is 2. The first kappa shape index (κ1) is 15.5. The van der Waals surface area contributed by atoms with Crippen molar-refractivity contribution < 1.29 is 14.3 Å². The highest BCUT2D eigenvalue weighted by molar-refractivity contribution is 9.10. The molecule has 0 bridgehead atoms. The molecule has 0 saturated heterocycles. The number of carboxylic acid groups (broad SMARTS) is 1. The van der Waals surface area contributed by atoms with Gasteiger partial charge in [-0.2, -0.15) is 0 Å². The molecule has 5 heteroatoms. The summed E-state index contributed by atoms with van der Waals surface area (Å²) in [5, 5.41) is 12.0. The molecule has 21 heavy (non-hydrogen) atoms. The van der Waals surface area contributed by atoms with E-state index in [-0.39, 0.29) is 15.7 Å². The molecule has 110 valence electrons. The van der Waals surface area contributed by atoms with Crippen LogP contribution in [-0.2, 0) is 13.0 Å². The Kier molecular flexibility index (Phi) is 4.96. The molecule has 0 atom stereocenters. The van der Waals surface area contributed by atoms with E-state index < -0.39 is 11.8 Å². The zero-order chi connectivity index (χ0) is 15.4. The first-order chi connectivity index (χ1) is 10.0. The van der Waals surface area contributed by atoms with E-state index in [4.69, 9.17) is 5.11 Å². The molecule has 0 aliphatic rings. The quantitative estimate of drug-likeness (QED) is 0.835. The Labute approximate surface area is 130 Å². The molecule has 0 radical (unpaired) electrons. The lowest BCUT2D eigenvalue weighted by Gasteiger charge is -2.12. The average Bonchev–Trinajstić information content (AvgIpc) is 2.48. The van der Waals surface area contributed by atoms with Gasteiger partial charge in [-0.05, 0) is 45.6 Å². The third kappa shape index (κ3) is 3.42. The van der Waals surface area contributed by atoms with E-state index in [0.29, 0.717) is 6.54 Å². The number of carboxylic acids is 1. The van der Waals surface area contributed by atoms with Gasteiger partial charge in [0.2, 0.25) is 0 Å². The van der Waals surface area contributed by atoms with Crippen molar-refractivity contribution in [2.45, 2.75) is 19.9 Å². The van der Waals surface area contributed by atoms with E-state index in [9.17, 15) is 9.18 Å². The maximum absolute atomic E-state index is 14.1. The molecule has 0 aliphatic carbocycles. The highest BCUT2D eigenvalue weighted by Crippen LogP contribution is 2.27. The summed E-state index contributed by atoms with van der Waals surface area (Å²) in [6.45, 7) is 2.55. The molecule has 2 aromatic rings. The molecule has 0 heterocycles. The van der Waals surface area contributed by atoms with Crippen LogP contribution in [0.25, 0.3) is 0 Å². The number of nitrogens with one attached hydrogen (secondary N) is 1. The summed E-state index contributed by atoms with van der Waals surface area (Å²) in [4.78, 5) is 10.9. The molecule has 0 aliphatic heterocycles. The maximum Gasteiger partial charge on any atom is 0.336 e. The van der Waals surface area contributed by atoms with Crippen molar-refractivity contribution in [1.29, 1.82) is 0 Å². The summed E-state index contributed by atoms with van der Waals surface area (Å²) in [7, 11) is 0. The number of benzene rings is 2. The van der Waals surface area contributed by atoms with Crippen LogP contribution in [0.1, 0.15) is 28.4 Å². The molecule has 0 fully saturated rings. The van der Waals surface area contributed by atoms with Gasteiger partial charge in [0, 0.05) is 6.54 Å². The van der Waals surface area contributed by atoms with Crippen molar-refractivity contribution in [2.75, 3.05) is 5.32 Å². The van der Waals surface area contributed by atoms with Crippen LogP contribution in [-0.4, -0.2) is 11.1 Å². The zero-order valence-electron chi connectivity index (χ0n) is 11.5. The summed E-state index contributed by atoms with van der Waals surface area (Å²) in [6, 6.07) is 10.8. The lowest BCUT2D eigenvalue weighted by atomic mass is 10.1. The minimum Gasteiger partial charge on any atom is -0.478 e. The van der Waals surface area contributed by atoms with Crippen molar-refractivity contribution in [2.24, 2.45) is 0 Å². The first-order valence-electron chi connectivity index (χ1n) is 6.56. The van der Waals surface area contributed by atoms with E-state index in [0.717, 1.165) is 12.0 Å². The fourth-order valence-electron chi connectivity index (χ4n) is 2.12. The Morgan fingerprint density at radius 3 is 2.52 bits per heavy atom. The largest absolute Gasteiger partial charge is 0.478 e.